The van der Waals surface area contributed by atoms with Gasteiger partial charge in [0.25, 0.3) is 5.91 Å². The summed E-state index contributed by atoms with van der Waals surface area (Å²) in [7, 11) is 0. The Morgan fingerprint density at radius 3 is 2.61 bits per heavy atom. The second-order valence-corrected chi connectivity index (χ2v) is 10.4. The standard InChI is InChI=1S/C27H22BrClN6O3/c1-15-25(36)34(11-10-16-2-8-21-23(12-16)32-27(37)31-21)26(38-15)20-14-35(19-6-3-17(28)4-7-19)33-24(20)22-9-5-18(29)13-30-22/h2-9,12-15,26H,10-11H2,1H3,(H2,31,32,37)/t15-,26+/m0/s1. The van der Waals surface area contributed by atoms with E-state index in [0.717, 1.165) is 32.3 Å². The Balaban J connectivity index is 1.36. The molecular weight excluding hydrogens is 572 g/mol. The number of aromatic amines is 2. The van der Waals surface area contributed by atoms with Crippen LogP contribution in [0.4, 0.5) is 0 Å². The van der Waals surface area contributed by atoms with Gasteiger partial charge in [-0.2, -0.15) is 5.10 Å². The molecule has 1 saturated heterocycles. The predicted octanol–water partition coefficient (Wildman–Crippen LogP) is 5.01. The second-order valence-electron chi connectivity index (χ2n) is 9.09. The van der Waals surface area contributed by atoms with Crippen LogP contribution in [0.15, 0.2) is 76.3 Å². The Kier molecular flexibility index (Phi) is 6.38. The number of ether oxygens (including phenoxy) is 1. The number of nitrogens with zero attached hydrogens (tertiary/aromatic N) is 4. The predicted molar refractivity (Wildman–Crippen MR) is 147 cm³/mol. The van der Waals surface area contributed by atoms with Crippen LogP contribution in [0.1, 0.15) is 24.3 Å². The molecule has 2 N–H and O–H groups in total. The Hall–Kier alpha value is -3.73. The molecule has 0 spiro atoms. The smallest absolute Gasteiger partial charge is 0.323 e. The fourth-order valence-electron chi connectivity index (χ4n) is 4.64. The summed E-state index contributed by atoms with van der Waals surface area (Å²) in [5.41, 5.74) is 5.02. The molecule has 1 aliphatic heterocycles. The molecule has 0 unspecified atom stereocenters. The molecule has 5 aromatic rings. The third-order valence-electron chi connectivity index (χ3n) is 6.54. The zero-order chi connectivity index (χ0) is 26.4. The number of hydrogen-bond acceptors (Lipinski definition) is 5. The fraction of sp³-hybridized carbons (Fsp3) is 0.185. The molecule has 2 aromatic carbocycles. The van der Waals surface area contributed by atoms with Crippen molar-refractivity contribution in [3.63, 3.8) is 0 Å². The van der Waals surface area contributed by atoms with Crippen molar-refractivity contribution in [2.75, 3.05) is 6.54 Å². The quantitative estimate of drug-likeness (QED) is 0.288. The van der Waals surface area contributed by atoms with E-state index in [1.165, 1.54) is 0 Å². The molecule has 1 amide bonds. The third-order valence-corrected chi connectivity index (χ3v) is 7.29. The van der Waals surface area contributed by atoms with Gasteiger partial charge in [-0.25, -0.2) is 9.48 Å². The van der Waals surface area contributed by atoms with Gasteiger partial charge >= 0.3 is 5.69 Å². The van der Waals surface area contributed by atoms with Gasteiger partial charge in [-0.3, -0.25) is 9.78 Å². The van der Waals surface area contributed by atoms with E-state index in [1.54, 1.807) is 34.8 Å². The summed E-state index contributed by atoms with van der Waals surface area (Å²) < 4.78 is 8.92. The number of benzene rings is 2. The molecule has 192 valence electrons. The van der Waals surface area contributed by atoms with Gasteiger partial charge in [0.05, 0.1) is 27.4 Å². The van der Waals surface area contributed by atoms with Crippen LogP contribution in [0.3, 0.4) is 0 Å². The molecule has 3 aromatic heterocycles. The van der Waals surface area contributed by atoms with Gasteiger partial charge < -0.3 is 19.6 Å². The van der Waals surface area contributed by atoms with Crippen molar-refractivity contribution in [1.82, 2.24) is 29.6 Å². The lowest BCUT2D eigenvalue weighted by Gasteiger charge is -2.23. The highest BCUT2D eigenvalue weighted by atomic mass is 79.9. The van der Waals surface area contributed by atoms with Gasteiger partial charge in [0, 0.05) is 29.0 Å². The number of H-pyrrole nitrogens is 2. The minimum Gasteiger partial charge on any atom is -0.341 e. The van der Waals surface area contributed by atoms with Gasteiger partial charge in [0.1, 0.15) is 11.8 Å². The lowest BCUT2D eigenvalue weighted by atomic mass is 10.1. The van der Waals surface area contributed by atoms with Crippen LogP contribution in [0, 0.1) is 0 Å². The number of carbonyl (C=O) groups is 1. The van der Waals surface area contributed by atoms with Gasteiger partial charge in [-0.1, -0.05) is 33.6 Å². The Morgan fingerprint density at radius 1 is 1.05 bits per heavy atom. The summed E-state index contributed by atoms with van der Waals surface area (Å²) in [5, 5.41) is 5.35. The Morgan fingerprint density at radius 2 is 1.84 bits per heavy atom. The van der Waals surface area contributed by atoms with Crippen molar-refractivity contribution in [3.05, 3.63) is 98.1 Å². The molecule has 0 bridgehead atoms. The number of hydrogen-bond donors (Lipinski definition) is 2. The van der Waals surface area contributed by atoms with Crippen LogP contribution in [-0.4, -0.2) is 48.2 Å². The number of pyridine rings is 1. The molecule has 2 atom stereocenters. The topological polar surface area (TPSA) is 109 Å². The van der Waals surface area contributed by atoms with E-state index in [-0.39, 0.29) is 11.6 Å². The zero-order valence-corrected chi connectivity index (χ0v) is 22.5. The number of imidazole rings is 1. The van der Waals surface area contributed by atoms with Crippen LogP contribution >= 0.6 is 27.5 Å². The highest BCUT2D eigenvalue weighted by molar-refractivity contribution is 9.10. The first-order valence-electron chi connectivity index (χ1n) is 12.0. The van der Waals surface area contributed by atoms with Crippen LogP contribution in [0.2, 0.25) is 5.02 Å². The lowest BCUT2D eigenvalue weighted by molar-refractivity contribution is -0.130. The number of rotatable bonds is 6. The van der Waals surface area contributed by atoms with Crippen molar-refractivity contribution in [2.24, 2.45) is 0 Å². The number of aromatic nitrogens is 5. The molecule has 11 heteroatoms. The zero-order valence-electron chi connectivity index (χ0n) is 20.2. The van der Waals surface area contributed by atoms with Crippen LogP contribution in [0.25, 0.3) is 28.1 Å². The normalized spacial score (nSPS) is 17.6. The van der Waals surface area contributed by atoms with E-state index in [4.69, 9.17) is 21.4 Å². The molecule has 1 aliphatic rings. The van der Waals surface area contributed by atoms with Crippen LogP contribution in [-0.2, 0) is 16.0 Å². The first-order chi connectivity index (χ1) is 18.4. The van der Waals surface area contributed by atoms with Crippen molar-refractivity contribution in [2.45, 2.75) is 25.7 Å². The summed E-state index contributed by atoms with van der Waals surface area (Å²) in [6.07, 6.45) is 2.78. The van der Waals surface area contributed by atoms with E-state index < -0.39 is 12.3 Å². The maximum Gasteiger partial charge on any atom is 0.323 e. The highest BCUT2D eigenvalue weighted by Gasteiger charge is 2.40. The van der Waals surface area contributed by atoms with Gasteiger partial charge in [0.15, 0.2) is 6.23 Å². The average Bonchev–Trinajstić information content (AvgIpc) is 3.58. The first kappa shape index (κ1) is 24.6. The molecule has 38 heavy (non-hydrogen) atoms. The van der Waals surface area contributed by atoms with Gasteiger partial charge in [-0.05, 0) is 67.4 Å². The summed E-state index contributed by atoms with van der Waals surface area (Å²) in [5.74, 6) is -0.0995. The van der Waals surface area contributed by atoms with Crippen LogP contribution < -0.4 is 5.69 Å². The van der Waals surface area contributed by atoms with Crippen molar-refractivity contribution < 1.29 is 9.53 Å². The molecule has 0 radical (unpaired) electrons. The molecule has 1 fully saturated rings. The molecular formula is C27H22BrClN6O3. The summed E-state index contributed by atoms with van der Waals surface area (Å²) >= 11 is 9.56. The van der Waals surface area contributed by atoms with E-state index in [0.29, 0.717) is 29.4 Å². The van der Waals surface area contributed by atoms with E-state index in [2.05, 4.69) is 30.9 Å². The first-order valence-corrected chi connectivity index (χ1v) is 13.2. The molecule has 0 aliphatic carbocycles. The van der Waals surface area contributed by atoms with Gasteiger partial charge in [-0.15, -0.1) is 0 Å². The van der Waals surface area contributed by atoms with Gasteiger partial charge in [0.2, 0.25) is 0 Å². The Bertz CT molecular complexity index is 1690. The fourth-order valence-corrected chi connectivity index (χ4v) is 5.01. The molecule has 4 heterocycles. The molecule has 0 saturated carbocycles. The minimum atomic E-state index is -0.648. The number of carbonyl (C=O) groups excluding carboxylic acids is 1. The number of amides is 1. The maximum atomic E-state index is 13.2. The monoisotopic (exact) mass is 592 g/mol. The highest BCUT2D eigenvalue weighted by Crippen LogP contribution is 2.37. The van der Waals surface area contributed by atoms with Crippen molar-refractivity contribution >= 4 is 44.5 Å². The average molecular weight is 594 g/mol. The summed E-state index contributed by atoms with van der Waals surface area (Å²) in [6.45, 7) is 2.18. The second kappa shape index (κ2) is 9.86. The maximum absolute atomic E-state index is 13.2. The summed E-state index contributed by atoms with van der Waals surface area (Å²) in [4.78, 5) is 36.6. The molecule has 9 nitrogen and oxygen atoms in total. The number of nitrogens with one attached hydrogen (secondary N) is 2. The SMILES string of the molecule is C[C@@H]1O[C@H](c2cn(-c3ccc(Br)cc3)nc2-c2ccc(Cl)cn2)N(CCc2ccc3[nH]c(=O)[nH]c3c2)C1=O. The summed E-state index contributed by atoms with van der Waals surface area (Å²) in [6, 6.07) is 17.1. The van der Waals surface area contributed by atoms with E-state index >= 15 is 0 Å². The third kappa shape index (κ3) is 4.66. The largest absolute Gasteiger partial charge is 0.341 e. The number of halogens is 2. The van der Waals surface area contributed by atoms with Crippen molar-refractivity contribution in [3.8, 4) is 17.1 Å². The lowest BCUT2D eigenvalue weighted by Crippen LogP contribution is -2.32. The van der Waals surface area contributed by atoms with E-state index in [1.807, 2.05) is 48.7 Å². The van der Waals surface area contributed by atoms with Crippen molar-refractivity contribution in [1.29, 1.82) is 0 Å². The van der Waals surface area contributed by atoms with E-state index in [9.17, 15) is 9.59 Å². The molecule has 6 rings (SSSR count). The Labute approximate surface area is 230 Å². The minimum absolute atomic E-state index is 0.0995. The number of fused-ring (bicyclic) bond motifs is 1. The van der Waals surface area contributed by atoms with Crippen LogP contribution in [0.5, 0.6) is 0 Å².